The molecule has 1 radical (unpaired) electrons. The summed E-state index contributed by atoms with van der Waals surface area (Å²) < 4.78 is 0. The molecule has 0 aliphatic carbocycles. The van der Waals surface area contributed by atoms with Gasteiger partial charge in [-0.2, -0.15) is 4.98 Å². The third-order valence-electron chi connectivity index (χ3n) is 1.35. The van der Waals surface area contributed by atoms with Gasteiger partial charge in [0.05, 0.1) is 0 Å². The van der Waals surface area contributed by atoms with Crippen LogP contribution in [0.25, 0.3) is 21.6 Å². The Kier molecular flexibility index (Phi) is 1.47. The summed E-state index contributed by atoms with van der Waals surface area (Å²) in [7, 11) is 0. The number of imidazole rings is 1. The van der Waals surface area contributed by atoms with Crippen molar-refractivity contribution in [2.75, 3.05) is 0 Å². The Labute approximate surface area is 70.9 Å². The third kappa shape index (κ3) is 1.10. The van der Waals surface area contributed by atoms with Crippen molar-refractivity contribution in [3.05, 3.63) is 16.8 Å². The fourth-order valence-electron chi connectivity index (χ4n) is 0.854. The van der Waals surface area contributed by atoms with Gasteiger partial charge < -0.3 is 10.1 Å². The first-order chi connectivity index (χ1) is 6.31. The SMILES string of the molecule is [N-]=[N+]=Nc1nc2n[c]nc(O)c2[nH]1. The quantitative estimate of drug-likeness (QED) is 0.378. The predicted molar refractivity (Wildman–Crippen MR) is 41.0 cm³/mol. The number of fused-ring (bicyclic) bond motifs is 1. The smallest absolute Gasteiger partial charge is 0.241 e. The molecule has 0 bridgehead atoms. The molecule has 0 unspecified atom stereocenters. The van der Waals surface area contributed by atoms with E-state index in [0.29, 0.717) is 0 Å². The van der Waals surface area contributed by atoms with Gasteiger partial charge in [0.2, 0.25) is 12.2 Å². The summed E-state index contributed by atoms with van der Waals surface area (Å²) in [5.41, 5.74) is 8.53. The minimum Gasteiger partial charge on any atom is -0.492 e. The maximum absolute atomic E-state index is 9.16. The second-order valence-corrected chi connectivity index (χ2v) is 2.10. The van der Waals surface area contributed by atoms with Crippen molar-refractivity contribution < 1.29 is 5.11 Å². The van der Waals surface area contributed by atoms with Gasteiger partial charge in [-0.1, -0.05) is 0 Å². The Bertz CT molecular complexity index is 497. The second kappa shape index (κ2) is 2.61. The van der Waals surface area contributed by atoms with Crippen molar-refractivity contribution in [1.82, 2.24) is 19.9 Å². The molecule has 0 saturated heterocycles. The van der Waals surface area contributed by atoms with Crippen LogP contribution in [-0.4, -0.2) is 25.0 Å². The van der Waals surface area contributed by atoms with Crippen LogP contribution < -0.4 is 0 Å². The molecule has 2 N–H and O–H groups in total. The number of H-pyrrole nitrogens is 1. The first kappa shape index (κ1) is 7.32. The van der Waals surface area contributed by atoms with Gasteiger partial charge in [0.1, 0.15) is 5.52 Å². The van der Waals surface area contributed by atoms with E-state index in [1.54, 1.807) is 0 Å². The third-order valence-corrected chi connectivity index (χ3v) is 1.35. The molecule has 0 aromatic carbocycles. The number of hydrogen-bond acceptors (Lipinski definition) is 5. The highest BCUT2D eigenvalue weighted by Gasteiger charge is 2.06. The number of rotatable bonds is 1. The van der Waals surface area contributed by atoms with Crippen LogP contribution in [0.3, 0.4) is 0 Å². The molecule has 0 aliphatic rings. The highest BCUT2D eigenvalue weighted by Crippen LogP contribution is 2.19. The Morgan fingerprint density at radius 3 is 3.08 bits per heavy atom. The van der Waals surface area contributed by atoms with Gasteiger partial charge in [0, 0.05) is 4.91 Å². The molecule has 2 aromatic rings. The molecular formula is C5H2N7O. The lowest BCUT2D eigenvalue weighted by Gasteiger charge is -1.87. The minimum atomic E-state index is -0.281. The molecule has 0 spiro atoms. The standard InChI is InChI=1S/C5H2N7O/c6-12-11-5-9-2-3(10-5)7-1-8-4(2)13/h(H2,7,8,9,10,13). The lowest BCUT2D eigenvalue weighted by atomic mass is 10.5. The monoisotopic (exact) mass is 176 g/mol. The number of hydrogen-bond donors (Lipinski definition) is 2. The van der Waals surface area contributed by atoms with Crippen LogP contribution in [0.4, 0.5) is 5.95 Å². The lowest BCUT2D eigenvalue weighted by molar-refractivity contribution is 0.457. The molecular weight excluding hydrogens is 174 g/mol. The number of aromatic amines is 1. The first-order valence-electron chi connectivity index (χ1n) is 3.19. The maximum Gasteiger partial charge on any atom is 0.241 e. The van der Waals surface area contributed by atoms with Crippen LogP contribution in [0.2, 0.25) is 0 Å². The number of azide groups is 1. The maximum atomic E-state index is 9.16. The predicted octanol–water partition coefficient (Wildman–Crippen LogP) is 0.800. The second-order valence-electron chi connectivity index (χ2n) is 2.10. The zero-order valence-corrected chi connectivity index (χ0v) is 6.13. The summed E-state index contributed by atoms with van der Waals surface area (Å²) in [5.74, 6) is -0.251. The van der Waals surface area contributed by atoms with Gasteiger partial charge in [-0.05, 0) is 10.6 Å². The van der Waals surface area contributed by atoms with Crippen molar-refractivity contribution in [1.29, 1.82) is 0 Å². The fraction of sp³-hybridized carbons (Fsp3) is 0. The number of nitrogens with zero attached hydrogens (tertiary/aromatic N) is 6. The largest absolute Gasteiger partial charge is 0.492 e. The fourth-order valence-corrected chi connectivity index (χ4v) is 0.854. The van der Waals surface area contributed by atoms with Crippen molar-refractivity contribution in [2.24, 2.45) is 5.11 Å². The molecule has 8 nitrogen and oxygen atoms in total. The molecule has 0 saturated carbocycles. The Morgan fingerprint density at radius 2 is 2.38 bits per heavy atom. The lowest BCUT2D eigenvalue weighted by Crippen LogP contribution is -1.80. The highest BCUT2D eigenvalue weighted by molar-refractivity contribution is 5.77. The van der Waals surface area contributed by atoms with E-state index in [4.69, 9.17) is 10.6 Å². The van der Waals surface area contributed by atoms with Crippen LogP contribution in [0.1, 0.15) is 0 Å². The zero-order valence-electron chi connectivity index (χ0n) is 6.13. The van der Waals surface area contributed by atoms with Crippen LogP contribution in [0.15, 0.2) is 5.11 Å². The summed E-state index contributed by atoms with van der Waals surface area (Å²) >= 11 is 0. The van der Waals surface area contributed by atoms with E-state index in [0.717, 1.165) is 0 Å². The van der Waals surface area contributed by atoms with Crippen LogP contribution >= 0.6 is 0 Å². The van der Waals surface area contributed by atoms with Crippen molar-refractivity contribution in [3.63, 3.8) is 0 Å². The summed E-state index contributed by atoms with van der Waals surface area (Å²) in [4.78, 5) is 15.8. The normalized spacial score (nSPS) is 9.85. The van der Waals surface area contributed by atoms with E-state index < -0.39 is 0 Å². The van der Waals surface area contributed by atoms with Gasteiger partial charge in [0.25, 0.3) is 0 Å². The number of aromatic hydroxyl groups is 1. The number of nitrogens with one attached hydrogen (secondary N) is 1. The van der Waals surface area contributed by atoms with Gasteiger partial charge in [-0.15, -0.1) is 0 Å². The van der Waals surface area contributed by atoms with Crippen LogP contribution in [0, 0.1) is 6.33 Å². The van der Waals surface area contributed by atoms with E-state index >= 15 is 0 Å². The summed E-state index contributed by atoms with van der Waals surface area (Å²) in [5, 5.41) is 12.4. The molecule has 2 rings (SSSR count). The Hall–Kier alpha value is -2.34. The van der Waals surface area contributed by atoms with Gasteiger partial charge in [-0.25, -0.2) is 9.97 Å². The Morgan fingerprint density at radius 1 is 1.54 bits per heavy atom. The van der Waals surface area contributed by atoms with E-state index in [1.807, 2.05) is 0 Å². The summed E-state index contributed by atoms with van der Waals surface area (Å²) in [6.45, 7) is 0. The van der Waals surface area contributed by atoms with Crippen molar-refractivity contribution in [3.8, 4) is 5.88 Å². The van der Waals surface area contributed by atoms with Crippen LogP contribution in [-0.2, 0) is 0 Å². The average molecular weight is 176 g/mol. The number of aromatic nitrogens is 4. The molecule has 0 aliphatic heterocycles. The topological polar surface area (TPSA) is 123 Å². The molecule has 2 heterocycles. The summed E-state index contributed by atoms with van der Waals surface area (Å²) in [6, 6.07) is 0. The van der Waals surface area contributed by atoms with Gasteiger partial charge in [-0.3, -0.25) is 0 Å². The van der Waals surface area contributed by atoms with Crippen LogP contribution in [0.5, 0.6) is 5.88 Å². The van der Waals surface area contributed by atoms with E-state index in [2.05, 4.69) is 36.3 Å². The zero-order chi connectivity index (χ0) is 9.26. The van der Waals surface area contributed by atoms with Gasteiger partial charge in [0.15, 0.2) is 11.6 Å². The Balaban J connectivity index is 2.75. The van der Waals surface area contributed by atoms with E-state index in [1.165, 1.54) is 0 Å². The molecule has 0 atom stereocenters. The van der Waals surface area contributed by atoms with Gasteiger partial charge >= 0.3 is 0 Å². The first-order valence-corrected chi connectivity index (χ1v) is 3.19. The van der Waals surface area contributed by atoms with Crippen molar-refractivity contribution in [2.45, 2.75) is 0 Å². The molecule has 0 amide bonds. The van der Waals surface area contributed by atoms with Crippen molar-refractivity contribution >= 4 is 17.1 Å². The van der Waals surface area contributed by atoms with E-state index in [-0.39, 0.29) is 23.0 Å². The molecule has 2 aromatic heterocycles. The molecule has 0 fully saturated rings. The molecule has 8 heteroatoms. The molecule has 13 heavy (non-hydrogen) atoms. The average Bonchev–Trinajstić information content (AvgIpc) is 2.49. The summed E-state index contributed by atoms with van der Waals surface area (Å²) in [6.07, 6.45) is 2.19. The molecule has 63 valence electrons. The van der Waals surface area contributed by atoms with E-state index in [9.17, 15) is 0 Å². The highest BCUT2D eigenvalue weighted by atomic mass is 16.3. The minimum absolute atomic E-state index is 0.0294.